The summed E-state index contributed by atoms with van der Waals surface area (Å²) in [7, 11) is 0. The van der Waals surface area contributed by atoms with E-state index < -0.39 is 0 Å². The fraction of sp³-hybridized carbons (Fsp3) is 0.0323. The zero-order valence-corrected chi connectivity index (χ0v) is 18.9. The van der Waals surface area contributed by atoms with Gasteiger partial charge < -0.3 is 10.2 Å². The lowest BCUT2D eigenvalue weighted by Crippen LogP contribution is -2.09. The highest BCUT2D eigenvalue weighted by Crippen LogP contribution is 2.35. The molecule has 4 aromatic rings. The summed E-state index contributed by atoms with van der Waals surface area (Å²) in [5.41, 5.74) is 7.77. The van der Waals surface area contributed by atoms with E-state index in [0.717, 1.165) is 39.6 Å². The molecule has 4 rings (SSSR count). The van der Waals surface area contributed by atoms with Gasteiger partial charge in [-0.05, 0) is 78.7 Å². The molecule has 33 heavy (non-hydrogen) atoms. The van der Waals surface area contributed by atoms with Gasteiger partial charge in [-0.3, -0.25) is 0 Å². The molecular formula is C31H28N2. The van der Waals surface area contributed by atoms with Gasteiger partial charge in [-0.25, -0.2) is 0 Å². The quantitative estimate of drug-likeness (QED) is 0.282. The first-order valence-electron chi connectivity index (χ1n) is 11.1. The Kier molecular flexibility index (Phi) is 7.19. The van der Waals surface area contributed by atoms with Crippen LogP contribution in [0.1, 0.15) is 12.5 Å². The summed E-state index contributed by atoms with van der Waals surface area (Å²) in [4.78, 5) is 2.26. The average molecular weight is 429 g/mol. The summed E-state index contributed by atoms with van der Waals surface area (Å²) in [6.45, 7) is 5.83. The first kappa shape index (κ1) is 21.9. The van der Waals surface area contributed by atoms with Crippen LogP contribution < -0.4 is 10.2 Å². The predicted octanol–water partition coefficient (Wildman–Crippen LogP) is 9.05. The molecule has 0 aliphatic rings. The Bertz CT molecular complexity index is 1180. The molecule has 0 bridgehead atoms. The summed E-state index contributed by atoms with van der Waals surface area (Å²) >= 11 is 0. The van der Waals surface area contributed by atoms with Gasteiger partial charge in [-0.2, -0.15) is 0 Å². The van der Waals surface area contributed by atoms with Crippen LogP contribution in [-0.2, 0) is 0 Å². The van der Waals surface area contributed by atoms with E-state index >= 15 is 0 Å². The van der Waals surface area contributed by atoms with Crippen molar-refractivity contribution in [1.29, 1.82) is 0 Å². The van der Waals surface area contributed by atoms with E-state index in [1.54, 1.807) is 0 Å². The molecular weight excluding hydrogens is 400 g/mol. The first-order chi connectivity index (χ1) is 16.3. The van der Waals surface area contributed by atoms with Crippen LogP contribution in [0.4, 0.5) is 28.4 Å². The molecule has 0 unspecified atom stereocenters. The van der Waals surface area contributed by atoms with Crippen molar-refractivity contribution in [2.75, 3.05) is 10.2 Å². The number of nitrogens with one attached hydrogen (secondary N) is 1. The zero-order valence-electron chi connectivity index (χ0n) is 18.9. The normalized spacial score (nSPS) is 11.4. The van der Waals surface area contributed by atoms with Crippen LogP contribution in [0.2, 0.25) is 0 Å². The topological polar surface area (TPSA) is 15.3 Å². The van der Waals surface area contributed by atoms with E-state index in [0.29, 0.717) is 0 Å². The maximum atomic E-state index is 3.81. The van der Waals surface area contributed by atoms with Gasteiger partial charge in [0.15, 0.2) is 0 Å². The zero-order chi connectivity index (χ0) is 22.9. The molecule has 0 aromatic heterocycles. The minimum atomic E-state index is 1.04. The number of nitrogens with zero attached hydrogens (tertiary/aromatic N) is 1. The van der Waals surface area contributed by atoms with Gasteiger partial charge in [-0.15, -0.1) is 0 Å². The number of hydrogen-bond acceptors (Lipinski definition) is 2. The molecule has 0 saturated heterocycles. The van der Waals surface area contributed by atoms with Gasteiger partial charge in [0.25, 0.3) is 0 Å². The van der Waals surface area contributed by atoms with Gasteiger partial charge in [-0.1, -0.05) is 79.4 Å². The minimum Gasteiger partial charge on any atom is -0.356 e. The molecule has 0 spiro atoms. The molecule has 0 amide bonds. The SMILES string of the molecule is C=C/C=C(\C=C/C)c1ccc(Nc2ccc(N(c3ccccc3)c3ccccc3)cc2)cc1. The second-order valence-electron chi connectivity index (χ2n) is 7.61. The number of anilines is 5. The third-order valence-electron chi connectivity index (χ3n) is 5.30. The van der Waals surface area contributed by atoms with E-state index in [1.807, 2.05) is 37.3 Å². The number of rotatable bonds is 8. The molecule has 0 aliphatic heterocycles. The van der Waals surface area contributed by atoms with E-state index in [4.69, 9.17) is 0 Å². The second-order valence-corrected chi connectivity index (χ2v) is 7.61. The number of benzene rings is 4. The molecule has 0 aliphatic carbocycles. The smallest absolute Gasteiger partial charge is 0.0463 e. The van der Waals surface area contributed by atoms with Crippen molar-refractivity contribution >= 4 is 34.0 Å². The summed E-state index contributed by atoms with van der Waals surface area (Å²) in [5.74, 6) is 0. The third-order valence-corrected chi connectivity index (χ3v) is 5.30. The van der Waals surface area contributed by atoms with Crippen LogP contribution in [0.15, 0.2) is 140 Å². The lowest BCUT2D eigenvalue weighted by atomic mass is 10.0. The van der Waals surface area contributed by atoms with Crippen molar-refractivity contribution in [1.82, 2.24) is 0 Å². The van der Waals surface area contributed by atoms with Crippen molar-refractivity contribution in [3.05, 3.63) is 146 Å². The van der Waals surface area contributed by atoms with Gasteiger partial charge in [0, 0.05) is 28.4 Å². The maximum Gasteiger partial charge on any atom is 0.0463 e. The fourth-order valence-corrected chi connectivity index (χ4v) is 3.76. The lowest BCUT2D eigenvalue weighted by molar-refractivity contribution is 1.28. The second kappa shape index (κ2) is 10.8. The van der Waals surface area contributed by atoms with Crippen LogP contribution in [0.3, 0.4) is 0 Å². The highest BCUT2D eigenvalue weighted by Gasteiger charge is 2.11. The van der Waals surface area contributed by atoms with E-state index in [2.05, 4.69) is 120 Å². The summed E-state index contributed by atoms with van der Waals surface area (Å²) in [6.07, 6.45) is 7.97. The maximum absolute atomic E-state index is 3.81. The summed E-state index contributed by atoms with van der Waals surface area (Å²) in [5, 5.41) is 3.50. The Morgan fingerprint density at radius 2 is 1.15 bits per heavy atom. The van der Waals surface area contributed by atoms with Crippen molar-refractivity contribution in [3.63, 3.8) is 0 Å². The largest absolute Gasteiger partial charge is 0.356 e. The monoisotopic (exact) mass is 428 g/mol. The molecule has 4 aromatic carbocycles. The van der Waals surface area contributed by atoms with Gasteiger partial charge in [0.2, 0.25) is 0 Å². The standard InChI is InChI=1S/C31H28N2/c1-3-11-25(12-4-2)26-17-19-27(20-18-26)32-28-21-23-31(24-22-28)33(29-13-7-5-8-14-29)30-15-9-6-10-16-30/h3-24,32H,1H2,2H3/b12-4-,25-11+. The van der Waals surface area contributed by atoms with Crippen LogP contribution in [0, 0.1) is 0 Å². The first-order valence-corrected chi connectivity index (χ1v) is 11.1. The van der Waals surface area contributed by atoms with Gasteiger partial charge >= 0.3 is 0 Å². The summed E-state index contributed by atoms with van der Waals surface area (Å²) < 4.78 is 0. The van der Waals surface area contributed by atoms with Crippen molar-refractivity contribution in [2.45, 2.75) is 6.92 Å². The Balaban J connectivity index is 1.55. The van der Waals surface area contributed by atoms with Crippen LogP contribution >= 0.6 is 0 Å². The van der Waals surface area contributed by atoms with Crippen molar-refractivity contribution < 1.29 is 0 Å². The number of para-hydroxylation sites is 2. The molecule has 2 heteroatoms. The Labute approximate surface area is 196 Å². The molecule has 0 radical (unpaired) electrons. The van der Waals surface area contributed by atoms with Crippen LogP contribution in [0.5, 0.6) is 0 Å². The number of hydrogen-bond donors (Lipinski definition) is 1. The molecule has 162 valence electrons. The fourth-order valence-electron chi connectivity index (χ4n) is 3.76. The molecule has 2 nitrogen and oxygen atoms in total. The Morgan fingerprint density at radius 3 is 1.64 bits per heavy atom. The Morgan fingerprint density at radius 1 is 0.667 bits per heavy atom. The molecule has 0 atom stereocenters. The molecule has 0 fully saturated rings. The lowest BCUT2D eigenvalue weighted by Gasteiger charge is -2.25. The van der Waals surface area contributed by atoms with Gasteiger partial charge in [0.05, 0.1) is 0 Å². The van der Waals surface area contributed by atoms with Gasteiger partial charge in [0.1, 0.15) is 0 Å². The Hall–Kier alpha value is -4.30. The van der Waals surface area contributed by atoms with E-state index in [1.165, 1.54) is 0 Å². The summed E-state index contributed by atoms with van der Waals surface area (Å²) in [6, 6.07) is 37.8. The van der Waals surface area contributed by atoms with Crippen molar-refractivity contribution in [2.24, 2.45) is 0 Å². The van der Waals surface area contributed by atoms with Crippen molar-refractivity contribution in [3.8, 4) is 0 Å². The number of allylic oxidation sites excluding steroid dienone is 5. The van der Waals surface area contributed by atoms with E-state index in [9.17, 15) is 0 Å². The van der Waals surface area contributed by atoms with Crippen LogP contribution in [0.25, 0.3) is 5.57 Å². The minimum absolute atomic E-state index is 1.04. The van der Waals surface area contributed by atoms with E-state index in [-0.39, 0.29) is 0 Å². The molecule has 1 N–H and O–H groups in total. The predicted molar refractivity (Wildman–Crippen MR) is 144 cm³/mol. The molecule has 0 heterocycles. The van der Waals surface area contributed by atoms with Crippen LogP contribution in [-0.4, -0.2) is 0 Å². The highest BCUT2D eigenvalue weighted by molar-refractivity contribution is 5.78. The third kappa shape index (κ3) is 5.50. The average Bonchev–Trinajstić information content (AvgIpc) is 2.87. The molecule has 0 saturated carbocycles. The highest BCUT2D eigenvalue weighted by atomic mass is 15.1.